The van der Waals surface area contributed by atoms with Gasteiger partial charge in [0, 0.05) is 25.1 Å². The van der Waals surface area contributed by atoms with Gasteiger partial charge in [-0.05, 0) is 12.1 Å². The van der Waals surface area contributed by atoms with Crippen LogP contribution < -0.4 is 20.1 Å². The Kier molecular flexibility index (Phi) is 2.93. The van der Waals surface area contributed by atoms with Crippen LogP contribution in [0.2, 0.25) is 0 Å². The molecule has 1 amide bonds. The maximum atomic E-state index is 11.8. The molecule has 0 aromatic heterocycles. The Bertz CT molecular complexity index is 459. The topological polar surface area (TPSA) is 64.8 Å². The van der Waals surface area contributed by atoms with E-state index in [1.165, 1.54) is 0 Å². The quantitative estimate of drug-likeness (QED) is 0.834. The highest BCUT2D eigenvalue weighted by Crippen LogP contribution is 2.44. The Morgan fingerprint density at radius 2 is 1.88 bits per heavy atom. The Labute approximate surface area is 100 Å². The van der Waals surface area contributed by atoms with Gasteiger partial charge in [0.2, 0.25) is 5.91 Å². The van der Waals surface area contributed by atoms with Gasteiger partial charge >= 0.3 is 0 Å². The first-order chi connectivity index (χ1) is 8.10. The molecule has 2 rings (SSSR count). The summed E-state index contributed by atoms with van der Waals surface area (Å²) in [6.45, 7) is 0. The predicted octanol–water partition coefficient (Wildman–Crippen LogP) is 1.07. The number of rotatable bonds is 2. The summed E-state index contributed by atoms with van der Waals surface area (Å²) in [6.07, 6.45) is 0.285. The second kappa shape index (κ2) is 4.25. The SMILES string of the molecule is COc1ccc(OC)c2c1C(N)CC(=O)N2C. The van der Waals surface area contributed by atoms with Gasteiger partial charge < -0.3 is 20.1 Å². The Morgan fingerprint density at radius 1 is 1.29 bits per heavy atom. The number of carbonyl (C=O) groups is 1. The van der Waals surface area contributed by atoms with Crippen LogP contribution in [-0.4, -0.2) is 27.2 Å². The zero-order chi connectivity index (χ0) is 12.6. The van der Waals surface area contributed by atoms with E-state index in [1.54, 1.807) is 38.3 Å². The summed E-state index contributed by atoms with van der Waals surface area (Å²) >= 11 is 0. The van der Waals surface area contributed by atoms with Crippen molar-refractivity contribution in [2.24, 2.45) is 5.73 Å². The molecule has 0 saturated carbocycles. The van der Waals surface area contributed by atoms with Crippen molar-refractivity contribution in [3.05, 3.63) is 17.7 Å². The molecular weight excluding hydrogens is 220 g/mol. The van der Waals surface area contributed by atoms with E-state index in [1.807, 2.05) is 0 Å². The molecule has 0 radical (unpaired) electrons. The summed E-state index contributed by atoms with van der Waals surface area (Å²) in [6, 6.07) is 3.24. The van der Waals surface area contributed by atoms with Crippen LogP contribution in [0.25, 0.3) is 0 Å². The normalized spacial score (nSPS) is 18.9. The molecule has 1 heterocycles. The first-order valence-electron chi connectivity index (χ1n) is 5.37. The van der Waals surface area contributed by atoms with E-state index < -0.39 is 0 Å². The molecule has 5 heteroatoms. The number of fused-ring (bicyclic) bond motifs is 1. The van der Waals surface area contributed by atoms with E-state index in [0.29, 0.717) is 17.2 Å². The molecule has 2 N–H and O–H groups in total. The lowest BCUT2D eigenvalue weighted by Crippen LogP contribution is -2.36. The molecule has 1 aliphatic rings. The van der Waals surface area contributed by atoms with Gasteiger partial charge in [-0.3, -0.25) is 4.79 Å². The minimum atomic E-state index is -0.348. The molecule has 92 valence electrons. The zero-order valence-electron chi connectivity index (χ0n) is 10.2. The van der Waals surface area contributed by atoms with Crippen LogP contribution in [0.15, 0.2) is 12.1 Å². The molecule has 1 unspecified atom stereocenters. The van der Waals surface area contributed by atoms with E-state index in [9.17, 15) is 4.79 Å². The van der Waals surface area contributed by atoms with Crippen molar-refractivity contribution in [3.63, 3.8) is 0 Å². The van der Waals surface area contributed by atoms with E-state index in [-0.39, 0.29) is 18.4 Å². The van der Waals surface area contributed by atoms with E-state index in [2.05, 4.69) is 0 Å². The van der Waals surface area contributed by atoms with Crippen LogP contribution in [0.5, 0.6) is 11.5 Å². The molecular formula is C12H16N2O3. The smallest absolute Gasteiger partial charge is 0.228 e. The van der Waals surface area contributed by atoms with Crippen LogP contribution in [0.3, 0.4) is 0 Å². The Balaban J connectivity index is 2.68. The second-order valence-electron chi connectivity index (χ2n) is 4.00. The minimum absolute atomic E-state index is 0.0171. The highest BCUT2D eigenvalue weighted by atomic mass is 16.5. The Morgan fingerprint density at radius 3 is 2.47 bits per heavy atom. The summed E-state index contributed by atoms with van der Waals surface area (Å²) in [5.74, 6) is 1.30. The fourth-order valence-corrected chi connectivity index (χ4v) is 2.17. The lowest BCUT2D eigenvalue weighted by Gasteiger charge is -2.32. The first kappa shape index (κ1) is 11.7. The van der Waals surface area contributed by atoms with E-state index in [0.717, 1.165) is 5.56 Å². The molecule has 1 aromatic carbocycles. The van der Waals surface area contributed by atoms with E-state index in [4.69, 9.17) is 15.2 Å². The van der Waals surface area contributed by atoms with Crippen molar-refractivity contribution < 1.29 is 14.3 Å². The number of nitrogens with two attached hydrogens (primary N) is 1. The van der Waals surface area contributed by atoms with Gasteiger partial charge in [-0.1, -0.05) is 0 Å². The third-order valence-electron chi connectivity index (χ3n) is 3.05. The highest BCUT2D eigenvalue weighted by molar-refractivity contribution is 5.99. The summed E-state index contributed by atoms with van der Waals surface area (Å²) < 4.78 is 10.6. The maximum absolute atomic E-state index is 11.8. The van der Waals surface area contributed by atoms with E-state index >= 15 is 0 Å². The third kappa shape index (κ3) is 1.72. The number of amides is 1. The van der Waals surface area contributed by atoms with Crippen LogP contribution in [-0.2, 0) is 4.79 Å². The average Bonchev–Trinajstić information content (AvgIpc) is 2.34. The lowest BCUT2D eigenvalue weighted by atomic mass is 9.95. The standard InChI is InChI=1S/C12H16N2O3/c1-14-10(15)6-7(13)11-8(16-2)4-5-9(17-3)12(11)14/h4-5,7H,6,13H2,1-3H3. The largest absolute Gasteiger partial charge is 0.496 e. The third-order valence-corrected chi connectivity index (χ3v) is 3.05. The number of anilines is 1. The van der Waals surface area contributed by atoms with Crippen molar-refractivity contribution in [1.29, 1.82) is 0 Å². The van der Waals surface area contributed by atoms with Crippen molar-refractivity contribution in [3.8, 4) is 11.5 Å². The van der Waals surface area contributed by atoms with Gasteiger partial charge in [-0.2, -0.15) is 0 Å². The molecule has 0 spiro atoms. The van der Waals surface area contributed by atoms with Crippen LogP contribution >= 0.6 is 0 Å². The molecule has 0 aliphatic carbocycles. The van der Waals surface area contributed by atoms with Gasteiger partial charge in [0.1, 0.15) is 11.5 Å². The predicted molar refractivity (Wildman–Crippen MR) is 64.5 cm³/mol. The molecule has 17 heavy (non-hydrogen) atoms. The van der Waals surface area contributed by atoms with Crippen LogP contribution in [0.4, 0.5) is 5.69 Å². The highest BCUT2D eigenvalue weighted by Gasteiger charge is 2.32. The average molecular weight is 236 g/mol. The number of benzene rings is 1. The summed E-state index contributed by atoms with van der Waals surface area (Å²) in [4.78, 5) is 13.4. The van der Waals surface area contributed by atoms with Crippen LogP contribution in [0.1, 0.15) is 18.0 Å². The molecule has 1 atom stereocenters. The number of methoxy groups -OCH3 is 2. The van der Waals surface area contributed by atoms with Crippen molar-refractivity contribution in [1.82, 2.24) is 0 Å². The van der Waals surface area contributed by atoms with Crippen molar-refractivity contribution >= 4 is 11.6 Å². The summed E-state index contributed by atoms with van der Waals surface area (Å²) in [5.41, 5.74) is 7.55. The summed E-state index contributed by atoms with van der Waals surface area (Å²) in [7, 11) is 4.88. The van der Waals surface area contributed by atoms with Gasteiger partial charge in [-0.15, -0.1) is 0 Å². The molecule has 0 bridgehead atoms. The lowest BCUT2D eigenvalue weighted by molar-refractivity contribution is -0.119. The van der Waals surface area contributed by atoms with Crippen molar-refractivity contribution in [2.45, 2.75) is 12.5 Å². The number of ether oxygens (including phenoxy) is 2. The molecule has 5 nitrogen and oxygen atoms in total. The van der Waals surface area contributed by atoms with Gasteiger partial charge in [0.05, 0.1) is 19.9 Å². The minimum Gasteiger partial charge on any atom is -0.496 e. The van der Waals surface area contributed by atoms with Gasteiger partial charge in [-0.25, -0.2) is 0 Å². The molecule has 0 saturated heterocycles. The monoisotopic (exact) mass is 236 g/mol. The van der Waals surface area contributed by atoms with Crippen molar-refractivity contribution in [2.75, 3.05) is 26.2 Å². The number of nitrogens with zero attached hydrogens (tertiary/aromatic N) is 1. The second-order valence-corrected chi connectivity index (χ2v) is 4.00. The number of hydrogen-bond acceptors (Lipinski definition) is 4. The van der Waals surface area contributed by atoms with Gasteiger partial charge in [0.15, 0.2) is 0 Å². The number of hydrogen-bond donors (Lipinski definition) is 1. The molecule has 1 aromatic rings. The Hall–Kier alpha value is -1.75. The molecule has 1 aliphatic heterocycles. The summed E-state index contributed by atoms with van der Waals surface area (Å²) in [5, 5.41) is 0. The first-order valence-corrected chi connectivity index (χ1v) is 5.37. The van der Waals surface area contributed by atoms with Crippen LogP contribution in [0, 0.1) is 0 Å². The number of carbonyl (C=O) groups excluding carboxylic acids is 1. The zero-order valence-corrected chi connectivity index (χ0v) is 10.2. The fraction of sp³-hybridized carbons (Fsp3) is 0.417. The van der Waals surface area contributed by atoms with Gasteiger partial charge in [0.25, 0.3) is 0 Å². The maximum Gasteiger partial charge on any atom is 0.228 e. The molecule has 0 fully saturated rings. The fourth-order valence-electron chi connectivity index (χ4n) is 2.17.